The van der Waals surface area contributed by atoms with E-state index in [-0.39, 0.29) is 18.4 Å². The molecule has 26 heavy (non-hydrogen) atoms. The number of nitrogens with one attached hydrogen (secondary N) is 1. The highest BCUT2D eigenvalue weighted by Crippen LogP contribution is 2.36. The summed E-state index contributed by atoms with van der Waals surface area (Å²) < 4.78 is 10.4. The van der Waals surface area contributed by atoms with E-state index in [9.17, 15) is 19.8 Å². The molecular weight excluding hydrogens is 344 g/mol. The standard InChI is InChI=1S/C16H26N4O6/c1-10-5-6-16(8-22,20(10)14(24)26-15(2,3)4)13(23)18-11(7-21)12-19-17-9-25-12/h9-11,21-22H,5-8H2,1-4H3,(H,18,23)/t10?,11-,16?/m0/s1. The molecule has 2 heterocycles. The summed E-state index contributed by atoms with van der Waals surface area (Å²) in [6.07, 6.45) is 1.19. The molecule has 10 nitrogen and oxygen atoms in total. The van der Waals surface area contributed by atoms with Crippen molar-refractivity contribution in [2.24, 2.45) is 0 Å². The first-order chi connectivity index (χ1) is 12.1. The maximum Gasteiger partial charge on any atom is 0.411 e. The van der Waals surface area contributed by atoms with Gasteiger partial charge in [-0.1, -0.05) is 0 Å². The maximum atomic E-state index is 13.0. The molecule has 1 aliphatic heterocycles. The van der Waals surface area contributed by atoms with Crippen molar-refractivity contribution in [3.63, 3.8) is 0 Å². The molecule has 10 heteroatoms. The molecule has 1 aromatic rings. The average molecular weight is 370 g/mol. The normalized spacial score (nSPS) is 24.4. The van der Waals surface area contributed by atoms with Gasteiger partial charge in [-0.25, -0.2) is 4.79 Å². The number of likely N-dealkylation sites (tertiary alicyclic amines) is 1. The van der Waals surface area contributed by atoms with Gasteiger partial charge in [0.1, 0.15) is 17.2 Å². The summed E-state index contributed by atoms with van der Waals surface area (Å²) in [4.78, 5) is 26.9. The van der Waals surface area contributed by atoms with Crippen LogP contribution in [0.15, 0.2) is 10.8 Å². The SMILES string of the molecule is CC1CCC(CO)(C(=O)N[C@@H](CO)c2nnco2)N1C(=O)OC(C)(C)C. The smallest absolute Gasteiger partial charge is 0.411 e. The van der Waals surface area contributed by atoms with Crippen LogP contribution in [0.5, 0.6) is 0 Å². The van der Waals surface area contributed by atoms with Crippen molar-refractivity contribution in [3.8, 4) is 0 Å². The fraction of sp³-hybridized carbons (Fsp3) is 0.750. The number of nitrogens with zero attached hydrogens (tertiary/aromatic N) is 3. The maximum absolute atomic E-state index is 13.0. The Kier molecular flexibility index (Phi) is 5.87. The minimum Gasteiger partial charge on any atom is -0.444 e. The third-order valence-corrected chi connectivity index (χ3v) is 4.31. The number of hydrogen-bond donors (Lipinski definition) is 3. The first-order valence-electron chi connectivity index (χ1n) is 8.45. The van der Waals surface area contributed by atoms with Crippen molar-refractivity contribution in [1.29, 1.82) is 0 Å². The number of aliphatic hydroxyl groups excluding tert-OH is 2. The van der Waals surface area contributed by atoms with E-state index >= 15 is 0 Å². The Bertz CT molecular complexity index is 629. The number of carbonyl (C=O) groups is 2. The van der Waals surface area contributed by atoms with Crippen molar-refractivity contribution in [3.05, 3.63) is 12.3 Å². The van der Waals surface area contributed by atoms with Gasteiger partial charge in [0.05, 0.1) is 13.2 Å². The van der Waals surface area contributed by atoms with Crippen molar-refractivity contribution in [2.75, 3.05) is 13.2 Å². The number of amides is 2. The fourth-order valence-electron chi connectivity index (χ4n) is 3.05. The zero-order valence-electron chi connectivity index (χ0n) is 15.4. The third-order valence-electron chi connectivity index (χ3n) is 4.31. The van der Waals surface area contributed by atoms with Crippen LogP contribution >= 0.6 is 0 Å². The van der Waals surface area contributed by atoms with E-state index in [4.69, 9.17) is 9.15 Å². The molecule has 2 unspecified atom stereocenters. The number of aliphatic hydroxyl groups is 2. The van der Waals surface area contributed by atoms with Gasteiger partial charge in [-0.05, 0) is 40.5 Å². The van der Waals surface area contributed by atoms with E-state index in [1.165, 1.54) is 4.90 Å². The fourth-order valence-corrected chi connectivity index (χ4v) is 3.05. The molecule has 1 aromatic heterocycles. The van der Waals surface area contributed by atoms with Crippen LogP contribution in [-0.2, 0) is 9.53 Å². The molecule has 2 rings (SSSR count). The van der Waals surface area contributed by atoms with Gasteiger partial charge in [-0.3, -0.25) is 9.69 Å². The predicted molar refractivity (Wildman–Crippen MR) is 88.9 cm³/mol. The minimum atomic E-state index is -1.49. The summed E-state index contributed by atoms with van der Waals surface area (Å²) in [7, 11) is 0. The van der Waals surface area contributed by atoms with E-state index in [1.54, 1.807) is 27.7 Å². The monoisotopic (exact) mass is 370 g/mol. The summed E-state index contributed by atoms with van der Waals surface area (Å²) in [6.45, 7) is 5.91. The summed E-state index contributed by atoms with van der Waals surface area (Å²) in [5.41, 5.74) is -2.23. The van der Waals surface area contributed by atoms with E-state index < -0.39 is 42.4 Å². The molecule has 0 radical (unpaired) electrons. The Labute approximate surface area is 151 Å². The molecule has 0 aromatic carbocycles. The van der Waals surface area contributed by atoms with Gasteiger partial charge in [0.25, 0.3) is 0 Å². The lowest BCUT2D eigenvalue weighted by Crippen LogP contribution is -2.62. The summed E-state index contributed by atoms with van der Waals surface area (Å²) in [5, 5.41) is 29.3. The highest BCUT2D eigenvalue weighted by molar-refractivity contribution is 5.91. The van der Waals surface area contributed by atoms with Gasteiger partial charge in [0.15, 0.2) is 0 Å². The zero-order valence-corrected chi connectivity index (χ0v) is 15.4. The summed E-state index contributed by atoms with van der Waals surface area (Å²) in [6, 6.07) is -1.23. The van der Waals surface area contributed by atoms with Crippen LogP contribution in [-0.4, -0.2) is 67.7 Å². The second-order valence-electron chi connectivity index (χ2n) is 7.41. The van der Waals surface area contributed by atoms with Crippen LogP contribution in [0.2, 0.25) is 0 Å². The Morgan fingerprint density at radius 2 is 2.19 bits per heavy atom. The highest BCUT2D eigenvalue weighted by Gasteiger charge is 2.54. The Balaban J connectivity index is 2.26. The molecule has 146 valence electrons. The molecule has 3 N–H and O–H groups in total. The van der Waals surface area contributed by atoms with Crippen LogP contribution in [0.25, 0.3) is 0 Å². The quantitative estimate of drug-likeness (QED) is 0.676. The van der Waals surface area contributed by atoms with Gasteiger partial charge in [0.2, 0.25) is 18.2 Å². The lowest BCUT2D eigenvalue weighted by molar-refractivity contribution is -0.136. The Hall–Kier alpha value is -2.20. The molecule has 1 saturated heterocycles. The minimum absolute atomic E-state index is 0.0313. The molecule has 0 saturated carbocycles. The highest BCUT2D eigenvalue weighted by atomic mass is 16.6. The molecular formula is C16H26N4O6. The van der Waals surface area contributed by atoms with Gasteiger partial charge in [-0.15, -0.1) is 10.2 Å². The number of rotatable bonds is 5. The van der Waals surface area contributed by atoms with E-state index in [2.05, 4.69) is 15.5 Å². The van der Waals surface area contributed by atoms with Crippen molar-refractivity contribution >= 4 is 12.0 Å². The summed E-state index contributed by atoms with van der Waals surface area (Å²) >= 11 is 0. The van der Waals surface area contributed by atoms with E-state index in [0.29, 0.717) is 6.42 Å². The second kappa shape index (κ2) is 7.58. The Morgan fingerprint density at radius 1 is 1.50 bits per heavy atom. The molecule has 0 spiro atoms. The average Bonchev–Trinajstić information content (AvgIpc) is 3.18. The number of aromatic nitrogens is 2. The van der Waals surface area contributed by atoms with Crippen LogP contribution < -0.4 is 5.32 Å². The number of hydrogen-bond acceptors (Lipinski definition) is 8. The molecule has 2 amide bonds. The van der Waals surface area contributed by atoms with Crippen molar-refractivity contribution < 1.29 is 29.0 Å². The number of carbonyl (C=O) groups excluding carboxylic acids is 2. The molecule has 1 aliphatic rings. The second-order valence-corrected chi connectivity index (χ2v) is 7.41. The summed E-state index contributed by atoms with van der Waals surface area (Å²) in [5.74, 6) is -0.587. The first kappa shape index (κ1) is 20.1. The van der Waals surface area contributed by atoms with Crippen molar-refractivity contribution in [2.45, 2.75) is 63.8 Å². The number of ether oxygens (including phenoxy) is 1. The molecule has 0 aliphatic carbocycles. The molecule has 0 bridgehead atoms. The van der Waals surface area contributed by atoms with Crippen LogP contribution in [0, 0.1) is 0 Å². The lowest BCUT2D eigenvalue weighted by Gasteiger charge is -2.39. The predicted octanol–water partition coefficient (Wildman–Crippen LogP) is 0.370. The van der Waals surface area contributed by atoms with Gasteiger partial charge in [-0.2, -0.15) is 0 Å². The third kappa shape index (κ3) is 3.96. The van der Waals surface area contributed by atoms with Gasteiger partial charge < -0.3 is 24.7 Å². The largest absolute Gasteiger partial charge is 0.444 e. The van der Waals surface area contributed by atoms with Gasteiger partial charge >= 0.3 is 6.09 Å². The Morgan fingerprint density at radius 3 is 2.69 bits per heavy atom. The van der Waals surface area contributed by atoms with E-state index in [0.717, 1.165) is 6.39 Å². The van der Waals surface area contributed by atoms with Crippen molar-refractivity contribution in [1.82, 2.24) is 20.4 Å². The van der Waals surface area contributed by atoms with Crippen LogP contribution in [0.1, 0.15) is 52.5 Å². The van der Waals surface area contributed by atoms with E-state index in [1.807, 2.05) is 0 Å². The van der Waals surface area contributed by atoms with Crippen LogP contribution in [0.3, 0.4) is 0 Å². The zero-order chi connectivity index (χ0) is 19.5. The lowest BCUT2D eigenvalue weighted by atomic mass is 9.95. The van der Waals surface area contributed by atoms with Crippen LogP contribution in [0.4, 0.5) is 4.79 Å². The molecule has 1 fully saturated rings. The molecule has 3 atom stereocenters. The first-order valence-corrected chi connectivity index (χ1v) is 8.45. The van der Waals surface area contributed by atoms with Gasteiger partial charge in [0, 0.05) is 6.04 Å². The topological polar surface area (TPSA) is 138 Å².